The number of hydrazone groups is 1. The molecule has 0 aromatic heterocycles. The molecule has 0 spiro atoms. The van der Waals surface area contributed by atoms with Gasteiger partial charge in [-0.3, -0.25) is 14.4 Å². The van der Waals surface area contributed by atoms with Crippen molar-refractivity contribution < 1.29 is 23.9 Å². The summed E-state index contributed by atoms with van der Waals surface area (Å²) in [6.45, 7) is 4.09. The zero-order valence-electron chi connectivity index (χ0n) is 19.3. The number of amides is 3. The Kier molecular flexibility index (Phi) is 9.45. The summed E-state index contributed by atoms with van der Waals surface area (Å²) in [5.74, 6) is -0.737. The fourth-order valence-corrected chi connectivity index (χ4v) is 3.45. The number of likely N-dealkylation sites (tertiary alicyclic amines) is 1. The lowest BCUT2D eigenvalue weighted by atomic mass is 10.1. The predicted molar refractivity (Wildman–Crippen MR) is 128 cm³/mol. The SMILES string of the molecule is CCOc1cc(/C=N\NC(=O)C(=O)NCCc2ccccc2)ccc1OCC(=O)N1CCCC1. The van der Waals surface area contributed by atoms with Gasteiger partial charge in [0.25, 0.3) is 5.91 Å². The third-order valence-electron chi connectivity index (χ3n) is 5.21. The van der Waals surface area contributed by atoms with E-state index in [1.807, 2.05) is 37.3 Å². The highest BCUT2D eigenvalue weighted by Crippen LogP contribution is 2.28. The van der Waals surface area contributed by atoms with E-state index in [0.717, 1.165) is 31.5 Å². The molecule has 0 bridgehead atoms. The average Bonchev–Trinajstić information content (AvgIpc) is 3.39. The van der Waals surface area contributed by atoms with E-state index in [0.29, 0.717) is 36.6 Å². The Hall–Kier alpha value is -3.88. The van der Waals surface area contributed by atoms with Crippen LogP contribution in [0.1, 0.15) is 30.9 Å². The number of carbonyl (C=O) groups excluding carboxylic acids is 3. The van der Waals surface area contributed by atoms with Crippen LogP contribution in [0, 0.1) is 0 Å². The predicted octanol–water partition coefficient (Wildman–Crippen LogP) is 1.90. The van der Waals surface area contributed by atoms with Crippen molar-refractivity contribution in [3.05, 3.63) is 59.7 Å². The Morgan fingerprint density at radius 1 is 1.00 bits per heavy atom. The van der Waals surface area contributed by atoms with Crippen LogP contribution in [-0.4, -0.2) is 61.7 Å². The van der Waals surface area contributed by atoms with Gasteiger partial charge in [-0.05, 0) is 55.5 Å². The lowest BCUT2D eigenvalue weighted by Gasteiger charge is -2.17. The van der Waals surface area contributed by atoms with Crippen molar-refractivity contribution in [2.75, 3.05) is 32.8 Å². The van der Waals surface area contributed by atoms with Crippen LogP contribution in [0.3, 0.4) is 0 Å². The molecule has 0 unspecified atom stereocenters. The van der Waals surface area contributed by atoms with E-state index in [1.54, 1.807) is 23.1 Å². The molecule has 180 valence electrons. The Morgan fingerprint density at radius 2 is 1.76 bits per heavy atom. The molecule has 1 saturated heterocycles. The van der Waals surface area contributed by atoms with Crippen molar-refractivity contribution >= 4 is 23.9 Å². The van der Waals surface area contributed by atoms with Gasteiger partial charge >= 0.3 is 11.8 Å². The molecule has 1 fully saturated rings. The number of rotatable bonds is 10. The number of ether oxygens (including phenoxy) is 2. The van der Waals surface area contributed by atoms with E-state index in [1.165, 1.54) is 6.21 Å². The molecule has 2 N–H and O–H groups in total. The molecule has 0 radical (unpaired) electrons. The fraction of sp³-hybridized carbons (Fsp3) is 0.360. The minimum Gasteiger partial charge on any atom is -0.490 e. The zero-order chi connectivity index (χ0) is 24.2. The molecule has 9 nitrogen and oxygen atoms in total. The van der Waals surface area contributed by atoms with Crippen molar-refractivity contribution in [2.24, 2.45) is 5.10 Å². The summed E-state index contributed by atoms with van der Waals surface area (Å²) in [5, 5.41) is 6.41. The standard InChI is InChI=1S/C25H30N4O5/c1-2-33-22-16-20(10-11-21(22)34-18-23(30)29-14-6-7-15-29)17-27-28-25(32)24(31)26-13-12-19-8-4-3-5-9-19/h3-5,8-11,16-17H,2,6-7,12-15,18H2,1H3,(H,26,31)(H,28,32)/b27-17-. The molecule has 1 aliphatic heterocycles. The van der Waals surface area contributed by atoms with Gasteiger partial charge in [-0.1, -0.05) is 30.3 Å². The highest BCUT2D eigenvalue weighted by atomic mass is 16.5. The van der Waals surface area contributed by atoms with Crippen LogP contribution in [0.2, 0.25) is 0 Å². The summed E-state index contributed by atoms with van der Waals surface area (Å²) in [4.78, 5) is 37.9. The lowest BCUT2D eigenvalue weighted by molar-refractivity contribution is -0.139. The van der Waals surface area contributed by atoms with Crippen LogP contribution in [-0.2, 0) is 20.8 Å². The summed E-state index contributed by atoms with van der Waals surface area (Å²) in [6.07, 6.45) is 4.07. The molecular weight excluding hydrogens is 436 g/mol. The van der Waals surface area contributed by atoms with Gasteiger partial charge < -0.3 is 19.7 Å². The quantitative estimate of drug-likeness (QED) is 0.316. The minimum atomic E-state index is -0.852. The summed E-state index contributed by atoms with van der Waals surface area (Å²) >= 11 is 0. The molecular formula is C25H30N4O5. The number of benzene rings is 2. The van der Waals surface area contributed by atoms with Gasteiger partial charge in [0.1, 0.15) is 0 Å². The van der Waals surface area contributed by atoms with Crippen LogP contribution >= 0.6 is 0 Å². The van der Waals surface area contributed by atoms with Gasteiger partial charge in [-0.15, -0.1) is 0 Å². The topological polar surface area (TPSA) is 109 Å². The summed E-state index contributed by atoms with van der Waals surface area (Å²) in [5.41, 5.74) is 3.91. The first-order valence-electron chi connectivity index (χ1n) is 11.4. The molecule has 3 amide bonds. The normalized spacial score (nSPS) is 13.0. The van der Waals surface area contributed by atoms with Crippen molar-refractivity contribution in [3.63, 3.8) is 0 Å². The highest BCUT2D eigenvalue weighted by Gasteiger charge is 2.19. The van der Waals surface area contributed by atoms with E-state index in [2.05, 4.69) is 15.8 Å². The monoisotopic (exact) mass is 466 g/mol. The Labute approximate surface area is 199 Å². The van der Waals surface area contributed by atoms with Crippen LogP contribution in [0.25, 0.3) is 0 Å². The average molecular weight is 467 g/mol. The maximum absolute atomic E-state index is 12.2. The molecule has 0 aliphatic carbocycles. The lowest BCUT2D eigenvalue weighted by Crippen LogP contribution is -2.38. The van der Waals surface area contributed by atoms with E-state index in [4.69, 9.17) is 9.47 Å². The molecule has 1 aliphatic rings. The van der Waals surface area contributed by atoms with E-state index in [9.17, 15) is 14.4 Å². The van der Waals surface area contributed by atoms with Gasteiger partial charge in [0.2, 0.25) is 0 Å². The van der Waals surface area contributed by atoms with Gasteiger partial charge in [0, 0.05) is 19.6 Å². The molecule has 9 heteroatoms. The van der Waals surface area contributed by atoms with Crippen LogP contribution in [0.15, 0.2) is 53.6 Å². The van der Waals surface area contributed by atoms with Gasteiger partial charge in [0.05, 0.1) is 12.8 Å². The van der Waals surface area contributed by atoms with Crippen LogP contribution in [0.5, 0.6) is 11.5 Å². The highest BCUT2D eigenvalue weighted by molar-refractivity contribution is 6.35. The minimum absolute atomic E-state index is 0.0460. The Balaban J connectivity index is 1.48. The van der Waals surface area contributed by atoms with Gasteiger partial charge in [0.15, 0.2) is 18.1 Å². The Morgan fingerprint density at radius 3 is 2.50 bits per heavy atom. The number of carbonyl (C=O) groups is 3. The number of hydrogen-bond donors (Lipinski definition) is 2. The first-order chi connectivity index (χ1) is 16.6. The van der Waals surface area contributed by atoms with Gasteiger partial charge in [-0.2, -0.15) is 5.10 Å². The molecule has 34 heavy (non-hydrogen) atoms. The van der Waals surface area contributed by atoms with E-state index in [-0.39, 0.29) is 12.5 Å². The molecule has 2 aromatic carbocycles. The number of hydrogen-bond acceptors (Lipinski definition) is 6. The molecule has 3 rings (SSSR count). The third-order valence-corrected chi connectivity index (χ3v) is 5.21. The maximum Gasteiger partial charge on any atom is 0.329 e. The smallest absolute Gasteiger partial charge is 0.329 e. The van der Waals surface area contributed by atoms with Crippen LogP contribution < -0.4 is 20.2 Å². The summed E-state index contributed by atoms with van der Waals surface area (Å²) in [7, 11) is 0. The third kappa shape index (κ3) is 7.61. The first kappa shape index (κ1) is 24.8. The van der Waals surface area contributed by atoms with E-state index < -0.39 is 11.8 Å². The zero-order valence-corrected chi connectivity index (χ0v) is 19.3. The first-order valence-corrected chi connectivity index (χ1v) is 11.4. The molecule has 0 saturated carbocycles. The van der Waals surface area contributed by atoms with Crippen molar-refractivity contribution in [2.45, 2.75) is 26.2 Å². The van der Waals surface area contributed by atoms with Crippen molar-refractivity contribution in [1.82, 2.24) is 15.6 Å². The molecule has 0 atom stereocenters. The maximum atomic E-state index is 12.2. The molecule has 2 aromatic rings. The second-order valence-electron chi connectivity index (χ2n) is 7.71. The van der Waals surface area contributed by atoms with Crippen molar-refractivity contribution in [3.8, 4) is 11.5 Å². The van der Waals surface area contributed by atoms with Crippen LogP contribution in [0.4, 0.5) is 0 Å². The number of nitrogens with zero attached hydrogens (tertiary/aromatic N) is 2. The van der Waals surface area contributed by atoms with E-state index >= 15 is 0 Å². The van der Waals surface area contributed by atoms with Crippen molar-refractivity contribution in [1.29, 1.82) is 0 Å². The largest absolute Gasteiger partial charge is 0.490 e. The summed E-state index contributed by atoms with van der Waals surface area (Å²) < 4.78 is 11.3. The second-order valence-corrected chi connectivity index (χ2v) is 7.71. The Bertz CT molecular complexity index is 1000. The summed E-state index contributed by atoms with van der Waals surface area (Å²) in [6, 6.07) is 14.8. The second kappa shape index (κ2) is 13.0. The molecule has 1 heterocycles. The van der Waals surface area contributed by atoms with Gasteiger partial charge in [-0.25, -0.2) is 5.43 Å². The fourth-order valence-electron chi connectivity index (χ4n) is 3.45. The number of nitrogens with one attached hydrogen (secondary N) is 2.